The van der Waals surface area contributed by atoms with Crippen molar-refractivity contribution in [3.8, 4) is 0 Å². The Labute approximate surface area is 96.6 Å². The zero-order valence-corrected chi connectivity index (χ0v) is 10.3. The molecule has 5 nitrogen and oxygen atoms in total. The third kappa shape index (κ3) is 3.43. The van der Waals surface area contributed by atoms with Crippen LogP contribution in [0.2, 0.25) is 0 Å². The topological polar surface area (TPSA) is 75.8 Å². The predicted octanol–water partition coefficient (Wildman–Crippen LogP) is -0.276. The van der Waals surface area contributed by atoms with Gasteiger partial charge in [-0.2, -0.15) is 0 Å². The molecular weight excluding hydrogens is 208 g/mol. The van der Waals surface area contributed by atoms with E-state index in [1.807, 2.05) is 0 Å². The molecule has 1 fully saturated rings. The first-order valence-corrected chi connectivity index (χ1v) is 5.59. The van der Waals surface area contributed by atoms with Gasteiger partial charge in [0.15, 0.2) is 0 Å². The Morgan fingerprint density at radius 1 is 1.50 bits per heavy atom. The van der Waals surface area contributed by atoms with Crippen LogP contribution in [0.25, 0.3) is 0 Å². The minimum absolute atomic E-state index is 0.160. The number of amides is 1. The molecule has 1 saturated heterocycles. The first-order valence-electron chi connectivity index (χ1n) is 5.59. The van der Waals surface area contributed by atoms with Crippen LogP contribution in [0, 0.1) is 0 Å². The summed E-state index contributed by atoms with van der Waals surface area (Å²) in [6.07, 6.45) is 1.13. The van der Waals surface area contributed by atoms with Crippen molar-refractivity contribution in [2.24, 2.45) is 5.73 Å². The van der Waals surface area contributed by atoms with Crippen LogP contribution in [0.5, 0.6) is 0 Å². The van der Waals surface area contributed by atoms with E-state index in [0.29, 0.717) is 32.6 Å². The molecule has 0 radical (unpaired) electrons. The van der Waals surface area contributed by atoms with Gasteiger partial charge in [-0.25, -0.2) is 0 Å². The number of hydrogen-bond donors (Lipinski definition) is 2. The maximum atomic E-state index is 11.8. The summed E-state index contributed by atoms with van der Waals surface area (Å²) in [4.78, 5) is 13.3. The average Bonchev–Trinajstić information content (AvgIpc) is 2.15. The van der Waals surface area contributed by atoms with Crippen molar-refractivity contribution in [3.63, 3.8) is 0 Å². The number of nitrogens with zero attached hydrogens (tertiary/aromatic N) is 1. The van der Waals surface area contributed by atoms with Crippen LogP contribution in [0.1, 0.15) is 26.7 Å². The van der Waals surface area contributed by atoms with E-state index in [0.717, 1.165) is 0 Å². The summed E-state index contributed by atoms with van der Waals surface area (Å²) in [5.74, 6) is -0.160. The summed E-state index contributed by atoms with van der Waals surface area (Å²) >= 11 is 0. The van der Waals surface area contributed by atoms with Gasteiger partial charge in [0.05, 0.1) is 11.1 Å². The quantitative estimate of drug-likeness (QED) is 0.699. The molecule has 3 N–H and O–H groups in total. The molecule has 0 aromatic heterocycles. The maximum absolute atomic E-state index is 11.8. The molecule has 1 amide bonds. The van der Waals surface area contributed by atoms with E-state index in [4.69, 9.17) is 10.5 Å². The molecule has 0 unspecified atom stereocenters. The number of rotatable bonds is 3. The molecule has 1 heterocycles. The smallest absolute Gasteiger partial charge is 0.241 e. The normalized spacial score (nSPS) is 20.6. The second-order valence-corrected chi connectivity index (χ2v) is 5.22. The van der Waals surface area contributed by atoms with Crippen molar-refractivity contribution in [1.29, 1.82) is 0 Å². The zero-order chi connectivity index (χ0) is 12.4. The number of nitrogens with two attached hydrogens (primary N) is 1. The molecule has 16 heavy (non-hydrogen) atoms. The van der Waals surface area contributed by atoms with Gasteiger partial charge in [-0.1, -0.05) is 0 Å². The Hall–Kier alpha value is -0.650. The molecule has 0 bridgehead atoms. The first-order chi connectivity index (χ1) is 7.25. The van der Waals surface area contributed by atoms with Crippen molar-refractivity contribution in [3.05, 3.63) is 0 Å². The lowest BCUT2D eigenvalue weighted by molar-refractivity contribution is -0.141. The molecule has 94 valence electrons. The molecule has 1 rings (SSSR count). The lowest BCUT2D eigenvalue weighted by atomic mass is 9.93. The molecule has 0 saturated carbocycles. The van der Waals surface area contributed by atoms with Crippen LogP contribution >= 0.6 is 0 Å². The maximum Gasteiger partial charge on any atom is 0.241 e. The Morgan fingerprint density at radius 2 is 2.00 bits per heavy atom. The van der Waals surface area contributed by atoms with Crippen LogP contribution < -0.4 is 5.73 Å². The Bertz CT molecular complexity index is 254. The van der Waals surface area contributed by atoms with Crippen molar-refractivity contribution in [1.82, 2.24) is 4.90 Å². The molecule has 5 heteroatoms. The fourth-order valence-electron chi connectivity index (χ4n) is 1.91. The van der Waals surface area contributed by atoms with Crippen molar-refractivity contribution >= 4 is 5.91 Å². The van der Waals surface area contributed by atoms with Crippen molar-refractivity contribution < 1.29 is 14.6 Å². The summed E-state index contributed by atoms with van der Waals surface area (Å²) in [5.41, 5.74) is 4.01. The fraction of sp³-hybridized carbons (Fsp3) is 0.909. The van der Waals surface area contributed by atoms with E-state index >= 15 is 0 Å². The lowest BCUT2D eigenvalue weighted by Gasteiger charge is -2.37. The highest BCUT2D eigenvalue weighted by Gasteiger charge is 2.35. The van der Waals surface area contributed by atoms with Gasteiger partial charge in [-0.15, -0.1) is 0 Å². The summed E-state index contributed by atoms with van der Waals surface area (Å²) < 4.78 is 5.19. The Morgan fingerprint density at radius 3 is 2.44 bits per heavy atom. The fourth-order valence-corrected chi connectivity index (χ4v) is 1.91. The largest absolute Gasteiger partial charge is 0.388 e. The average molecular weight is 230 g/mol. The molecular formula is C11H22N2O3. The molecule has 1 aliphatic rings. The van der Waals surface area contributed by atoms with Gasteiger partial charge in [0.1, 0.15) is 0 Å². The molecule has 0 atom stereocenters. The minimum Gasteiger partial charge on any atom is -0.388 e. The van der Waals surface area contributed by atoms with Gasteiger partial charge in [0, 0.05) is 39.6 Å². The lowest BCUT2D eigenvalue weighted by Crippen LogP contribution is -2.54. The van der Waals surface area contributed by atoms with E-state index in [9.17, 15) is 9.90 Å². The van der Waals surface area contributed by atoms with Crippen LogP contribution in [0.3, 0.4) is 0 Å². The minimum atomic E-state index is -0.893. The third-order valence-corrected chi connectivity index (χ3v) is 2.85. The van der Waals surface area contributed by atoms with Crippen LogP contribution in [-0.4, -0.2) is 53.9 Å². The van der Waals surface area contributed by atoms with Crippen LogP contribution in [-0.2, 0) is 9.53 Å². The third-order valence-electron chi connectivity index (χ3n) is 2.85. The molecule has 0 spiro atoms. The summed E-state index contributed by atoms with van der Waals surface area (Å²) in [7, 11) is 1.67. The SMILES string of the molecule is CN(CC1(O)CCOCC1)C(=O)C(C)(C)N. The number of hydrogen-bond acceptors (Lipinski definition) is 4. The Balaban J connectivity index is 2.56. The summed E-state index contributed by atoms with van der Waals surface area (Å²) in [5, 5.41) is 10.2. The molecule has 1 aliphatic heterocycles. The van der Waals surface area contributed by atoms with Gasteiger partial charge in [-0.05, 0) is 13.8 Å². The van der Waals surface area contributed by atoms with Gasteiger partial charge in [0.25, 0.3) is 0 Å². The van der Waals surface area contributed by atoms with E-state index < -0.39 is 11.1 Å². The molecule has 0 aromatic rings. The molecule has 0 aliphatic carbocycles. The van der Waals surface area contributed by atoms with Gasteiger partial charge < -0.3 is 20.5 Å². The monoisotopic (exact) mass is 230 g/mol. The number of carbonyl (C=O) groups is 1. The highest BCUT2D eigenvalue weighted by molar-refractivity contribution is 5.85. The number of ether oxygens (including phenoxy) is 1. The predicted molar refractivity (Wildman–Crippen MR) is 60.9 cm³/mol. The second kappa shape index (κ2) is 4.69. The summed E-state index contributed by atoms with van der Waals surface area (Å²) in [6, 6.07) is 0. The van der Waals surface area contributed by atoms with Gasteiger partial charge in [0.2, 0.25) is 5.91 Å². The first kappa shape index (κ1) is 13.4. The van der Waals surface area contributed by atoms with Crippen LogP contribution in [0.4, 0.5) is 0 Å². The highest BCUT2D eigenvalue weighted by atomic mass is 16.5. The summed E-state index contributed by atoms with van der Waals surface area (Å²) in [6.45, 7) is 4.74. The van der Waals surface area contributed by atoms with Gasteiger partial charge in [-0.3, -0.25) is 4.79 Å². The standard InChI is InChI=1S/C11H22N2O3/c1-10(2,12)9(14)13(3)8-11(15)4-6-16-7-5-11/h15H,4-8,12H2,1-3H3. The Kier molecular flexibility index (Phi) is 3.93. The number of carbonyl (C=O) groups excluding carboxylic acids is 1. The van der Waals surface area contributed by atoms with Crippen molar-refractivity contribution in [2.45, 2.75) is 37.8 Å². The molecule has 0 aromatic carbocycles. The van der Waals surface area contributed by atoms with E-state index in [-0.39, 0.29) is 5.91 Å². The van der Waals surface area contributed by atoms with E-state index in [1.165, 1.54) is 4.90 Å². The number of aliphatic hydroxyl groups is 1. The van der Waals surface area contributed by atoms with Crippen molar-refractivity contribution in [2.75, 3.05) is 26.8 Å². The second-order valence-electron chi connectivity index (χ2n) is 5.22. The van der Waals surface area contributed by atoms with E-state index in [1.54, 1.807) is 20.9 Å². The van der Waals surface area contributed by atoms with Crippen LogP contribution in [0.15, 0.2) is 0 Å². The number of likely N-dealkylation sites (N-methyl/N-ethyl adjacent to an activating group) is 1. The zero-order valence-electron chi connectivity index (χ0n) is 10.3. The van der Waals surface area contributed by atoms with E-state index in [2.05, 4.69) is 0 Å². The van der Waals surface area contributed by atoms with Gasteiger partial charge >= 0.3 is 0 Å². The highest BCUT2D eigenvalue weighted by Crippen LogP contribution is 2.21.